The molecule has 0 aromatic heterocycles. The Morgan fingerprint density at radius 1 is 1.20 bits per heavy atom. The number of anilines is 1. The number of hydrogen-bond acceptors (Lipinski definition) is 5. The van der Waals surface area contributed by atoms with Gasteiger partial charge in [0.15, 0.2) is 6.23 Å². The molecule has 1 N–H and O–H groups in total. The van der Waals surface area contributed by atoms with Gasteiger partial charge >= 0.3 is 12.1 Å². The molecular weight excluding hydrogens is 337 g/mol. The van der Waals surface area contributed by atoms with Gasteiger partial charge in [-0.05, 0) is 36.0 Å². The van der Waals surface area contributed by atoms with Gasteiger partial charge in [-0.15, -0.1) is 0 Å². The van der Waals surface area contributed by atoms with E-state index in [1.807, 2.05) is 6.07 Å². The molecule has 1 aliphatic carbocycles. The number of halogens is 3. The highest BCUT2D eigenvalue weighted by Crippen LogP contribution is 2.47. The normalized spacial score (nSPS) is 23.5. The monoisotopic (exact) mass is 356 g/mol. The van der Waals surface area contributed by atoms with Crippen molar-refractivity contribution >= 4 is 11.7 Å². The average molecular weight is 356 g/mol. The molecule has 1 saturated heterocycles. The zero-order valence-corrected chi connectivity index (χ0v) is 13.6. The minimum absolute atomic E-state index is 0.397. The minimum Gasteiger partial charge on any atom is -0.436 e. The molecule has 1 atom stereocenters. The fourth-order valence-electron chi connectivity index (χ4n) is 3.46. The lowest BCUT2D eigenvalue weighted by molar-refractivity contribution is -0.206. The predicted molar refractivity (Wildman–Crippen MR) is 83.2 cm³/mol. The van der Waals surface area contributed by atoms with E-state index in [1.165, 1.54) is 5.56 Å². The lowest BCUT2D eigenvalue weighted by atomic mass is 9.99. The van der Waals surface area contributed by atoms with Crippen LogP contribution in [0, 0.1) is 0 Å². The van der Waals surface area contributed by atoms with E-state index in [0.29, 0.717) is 31.2 Å². The molecule has 8 heteroatoms. The Morgan fingerprint density at radius 3 is 2.56 bits per heavy atom. The fraction of sp³-hybridized carbons (Fsp3) is 0.588. The first-order valence-corrected chi connectivity index (χ1v) is 8.44. The van der Waals surface area contributed by atoms with Gasteiger partial charge in [0.25, 0.3) is 0 Å². The molecule has 3 aliphatic rings. The van der Waals surface area contributed by atoms with E-state index < -0.39 is 18.4 Å². The molecule has 5 nitrogen and oxygen atoms in total. The summed E-state index contributed by atoms with van der Waals surface area (Å²) in [5.74, 6) is -1.66. The van der Waals surface area contributed by atoms with E-state index in [9.17, 15) is 18.0 Å². The van der Waals surface area contributed by atoms with Crippen molar-refractivity contribution in [2.45, 2.75) is 37.7 Å². The number of carbonyl (C=O) groups is 1. The molecular formula is C17H19F3N2O3. The highest BCUT2D eigenvalue weighted by atomic mass is 19.4. The van der Waals surface area contributed by atoms with Crippen LogP contribution in [0.3, 0.4) is 0 Å². The number of esters is 1. The molecule has 1 unspecified atom stereocenters. The van der Waals surface area contributed by atoms with E-state index in [2.05, 4.69) is 21.0 Å². The van der Waals surface area contributed by atoms with Crippen molar-refractivity contribution < 1.29 is 27.4 Å². The van der Waals surface area contributed by atoms with E-state index in [4.69, 9.17) is 4.74 Å². The van der Waals surface area contributed by atoms with Crippen LogP contribution in [0.15, 0.2) is 12.1 Å². The van der Waals surface area contributed by atoms with Crippen LogP contribution in [0.1, 0.15) is 41.7 Å². The summed E-state index contributed by atoms with van der Waals surface area (Å²) in [7, 11) is 0. The van der Waals surface area contributed by atoms with Crippen molar-refractivity contribution in [3.8, 4) is 0 Å². The zero-order chi connectivity index (χ0) is 17.6. The number of benzene rings is 1. The summed E-state index contributed by atoms with van der Waals surface area (Å²) in [5.41, 5.74) is 3.79. The Morgan fingerprint density at radius 2 is 1.92 bits per heavy atom. The fourth-order valence-corrected chi connectivity index (χ4v) is 3.46. The molecule has 0 amide bonds. The lowest BCUT2D eigenvalue weighted by Crippen LogP contribution is -2.37. The van der Waals surface area contributed by atoms with Gasteiger partial charge in [0, 0.05) is 30.9 Å². The lowest BCUT2D eigenvalue weighted by Gasteiger charge is -2.31. The molecule has 2 aliphatic heterocycles. The van der Waals surface area contributed by atoms with Gasteiger partial charge in [-0.3, -0.25) is 5.32 Å². The number of nitrogens with zero attached hydrogens (tertiary/aromatic N) is 1. The minimum atomic E-state index is -4.99. The van der Waals surface area contributed by atoms with Crippen molar-refractivity contribution in [2.75, 3.05) is 31.2 Å². The highest BCUT2D eigenvalue weighted by Gasteiger charge is 2.43. The Labute approximate surface area is 143 Å². The maximum absolute atomic E-state index is 12.5. The maximum atomic E-state index is 12.5. The molecule has 0 radical (unpaired) electrons. The van der Waals surface area contributed by atoms with Crippen molar-refractivity contribution in [1.82, 2.24) is 5.32 Å². The van der Waals surface area contributed by atoms with Crippen LogP contribution in [0.2, 0.25) is 0 Å². The molecule has 1 saturated carbocycles. The molecule has 1 aromatic rings. The molecule has 4 rings (SSSR count). The predicted octanol–water partition coefficient (Wildman–Crippen LogP) is 2.61. The SMILES string of the molecule is O=C(OC1NCc2cc(C3CC3)c(N3CCOCC3)cc21)C(F)(F)F. The molecule has 2 heterocycles. The summed E-state index contributed by atoms with van der Waals surface area (Å²) in [6.45, 7) is 3.16. The number of nitrogens with one attached hydrogen (secondary N) is 1. The number of carbonyl (C=O) groups excluding carboxylic acids is 1. The van der Waals surface area contributed by atoms with Gasteiger partial charge in [0.2, 0.25) is 0 Å². The van der Waals surface area contributed by atoms with E-state index in [-0.39, 0.29) is 0 Å². The maximum Gasteiger partial charge on any atom is 0.490 e. The number of morpholine rings is 1. The van der Waals surface area contributed by atoms with Crippen LogP contribution in [0.25, 0.3) is 0 Å². The molecule has 136 valence electrons. The Kier molecular flexibility index (Phi) is 4.11. The molecule has 25 heavy (non-hydrogen) atoms. The van der Waals surface area contributed by atoms with Gasteiger partial charge in [0.05, 0.1) is 13.2 Å². The topological polar surface area (TPSA) is 50.8 Å². The quantitative estimate of drug-likeness (QED) is 0.844. The third-order valence-electron chi connectivity index (χ3n) is 4.87. The number of fused-ring (bicyclic) bond motifs is 1. The zero-order valence-electron chi connectivity index (χ0n) is 13.6. The third-order valence-corrected chi connectivity index (χ3v) is 4.87. The summed E-state index contributed by atoms with van der Waals surface area (Å²) in [5, 5.41) is 2.86. The van der Waals surface area contributed by atoms with Crippen LogP contribution < -0.4 is 10.2 Å². The van der Waals surface area contributed by atoms with Crippen molar-refractivity contribution in [3.63, 3.8) is 0 Å². The first-order chi connectivity index (χ1) is 11.9. The summed E-state index contributed by atoms with van der Waals surface area (Å²) in [6, 6.07) is 3.95. The van der Waals surface area contributed by atoms with Gasteiger partial charge in [-0.2, -0.15) is 13.2 Å². The summed E-state index contributed by atoms with van der Waals surface area (Å²) < 4.78 is 47.5. The van der Waals surface area contributed by atoms with Crippen molar-refractivity contribution in [2.24, 2.45) is 0 Å². The smallest absolute Gasteiger partial charge is 0.436 e. The molecule has 0 bridgehead atoms. The number of alkyl halides is 3. The van der Waals surface area contributed by atoms with Crippen LogP contribution in [-0.4, -0.2) is 38.4 Å². The number of rotatable bonds is 3. The summed E-state index contributed by atoms with van der Waals surface area (Å²) in [4.78, 5) is 13.4. The highest BCUT2D eigenvalue weighted by molar-refractivity contribution is 5.76. The van der Waals surface area contributed by atoms with Crippen LogP contribution >= 0.6 is 0 Å². The van der Waals surface area contributed by atoms with Crippen molar-refractivity contribution in [3.05, 3.63) is 28.8 Å². The summed E-state index contributed by atoms with van der Waals surface area (Å²) in [6.07, 6.45) is -3.78. The second-order valence-electron chi connectivity index (χ2n) is 6.65. The molecule has 1 aromatic carbocycles. The van der Waals surface area contributed by atoms with Crippen LogP contribution in [0.4, 0.5) is 18.9 Å². The van der Waals surface area contributed by atoms with E-state index >= 15 is 0 Å². The third kappa shape index (κ3) is 3.32. The second kappa shape index (κ2) is 6.17. The molecule has 0 spiro atoms. The molecule has 2 fully saturated rings. The average Bonchev–Trinajstić information content (AvgIpc) is 3.36. The number of hydrogen-bond donors (Lipinski definition) is 1. The first-order valence-electron chi connectivity index (χ1n) is 8.44. The van der Waals surface area contributed by atoms with Crippen LogP contribution in [0.5, 0.6) is 0 Å². The van der Waals surface area contributed by atoms with Gasteiger partial charge in [-0.1, -0.05) is 6.07 Å². The Balaban J connectivity index is 1.64. The Hall–Kier alpha value is -1.80. The van der Waals surface area contributed by atoms with Crippen molar-refractivity contribution in [1.29, 1.82) is 0 Å². The largest absolute Gasteiger partial charge is 0.490 e. The Bertz CT molecular complexity index is 682. The standard InChI is InChI=1S/C17H19F3N2O3/c18-17(19,20)16(23)25-15-13-8-14(22-3-5-24-6-4-22)12(10-1-2-10)7-11(13)9-21-15/h7-8,10,15,21H,1-6,9H2. The second-order valence-corrected chi connectivity index (χ2v) is 6.65. The van der Waals surface area contributed by atoms with Crippen LogP contribution in [-0.2, 0) is 20.8 Å². The van der Waals surface area contributed by atoms with E-state index in [1.54, 1.807) is 0 Å². The summed E-state index contributed by atoms with van der Waals surface area (Å²) >= 11 is 0. The van der Waals surface area contributed by atoms with Gasteiger partial charge in [0.1, 0.15) is 0 Å². The van der Waals surface area contributed by atoms with E-state index in [0.717, 1.165) is 37.2 Å². The first kappa shape index (κ1) is 16.7. The van der Waals surface area contributed by atoms with Gasteiger partial charge in [-0.25, -0.2) is 4.79 Å². The number of ether oxygens (including phenoxy) is 2. The van der Waals surface area contributed by atoms with Gasteiger partial charge < -0.3 is 14.4 Å².